The fraction of sp³-hybridized carbons (Fsp3) is 0.160. The average Bonchev–Trinajstić information content (AvgIpc) is 3.41. The van der Waals surface area contributed by atoms with Crippen molar-refractivity contribution in [1.82, 2.24) is 24.4 Å². The Morgan fingerprint density at radius 1 is 1.12 bits per heavy atom. The number of fused-ring (bicyclic) bond motifs is 1. The van der Waals surface area contributed by atoms with Gasteiger partial charge in [-0.1, -0.05) is 30.3 Å². The Hall–Kier alpha value is -4.13. The highest BCUT2D eigenvalue weighted by atomic mass is 16.1. The molecule has 0 saturated heterocycles. The zero-order valence-corrected chi connectivity index (χ0v) is 18.5. The zero-order valence-electron chi connectivity index (χ0n) is 18.5. The van der Waals surface area contributed by atoms with Gasteiger partial charge in [0.05, 0.1) is 5.69 Å². The van der Waals surface area contributed by atoms with Gasteiger partial charge in [-0.05, 0) is 30.2 Å². The van der Waals surface area contributed by atoms with Gasteiger partial charge >= 0.3 is 0 Å². The number of nitrogens with zero attached hydrogens (tertiary/aromatic N) is 3. The monoisotopic (exact) mass is 427 g/mol. The van der Waals surface area contributed by atoms with Crippen molar-refractivity contribution >= 4 is 28.3 Å². The SMILES string of the molecule is Cc1cnc(-c2cc3c(C(=C/C=O)/C(=C\N(C)C)c4ccccc4)cn(C)c(=O)c3[nH]2)[nH]1. The van der Waals surface area contributed by atoms with Crippen LogP contribution in [0.4, 0.5) is 0 Å². The number of rotatable bonds is 6. The number of aromatic amines is 2. The molecule has 0 radical (unpaired) electrons. The van der Waals surface area contributed by atoms with Gasteiger partial charge in [0.2, 0.25) is 0 Å². The Labute approximate surface area is 185 Å². The molecule has 0 unspecified atom stereocenters. The first kappa shape index (κ1) is 21.1. The molecule has 0 bridgehead atoms. The van der Waals surface area contributed by atoms with Crippen molar-refractivity contribution in [3.63, 3.8) is 0 Å². The molecule has 32 heavy (non-hydrogen) atoms. The Bertz CT molecular complexity index is 1400. The van der Waals surface area contributed by atoms with Gasteiger partial charge in [0.1, 0.15) is 11.8 Å². The Balaban J connectivity index is 2.01. The molecule has 7 heteroatoms. The second-order valence-electron chi connectivity index (χ2n) is 7.93. The van der Waals surface area contributed by atoms with E-state index in [0.717, 1.165) is 39.6 Å². The zero-order chi connectivity index (χ0) is 22.8. The van der Waals surface area contributed by atoms with E-state index in [4.69, 9.17) is 0 Å². The van der Waals surface area contributed by atoms with E-state index in [0.29, 0.717) is 17.0 Å². The summed E-state index contributed by atoms with van der Waals surface area (Å²) in [5.74, 6) is 0.653. The summed E-state index contributed by atoms with van der Waals surface area (Å²) in [5, 5.41) is 0.728. The van der Waals surface area contributed by atoms with Crippen molar-refractivity contribution in [2.75, 3.05) is 14.1 Å². The van der Waals surface area contributed by atoms with E-state index in [1.54, 1.807) is 25.5 Å². The molecule has 4 aromatic rings. The minimum absolute atomic E-state index is 0.151. The second kappa shape index (κ2) is 8.55. The number of aromatic nitrogens is 4. The molecule has 0 fully saturated rings. The number of allylic oxidation sites excluding steroid dienone is 3. The normalized spacial score (nSPS) is 12.4. The first-order valence-electron chi connectivity index (χ1n) is 10.2. The summed E-state index contributed by atoms with van der Waals surface area (Å²) < 4.78 is 1.53. The van der Waals surface area contributed by atoms with Crippen molar-refractivity contribution in [3.8, 4) is 11.5 Å². The summed E-state index contributed by atoms with van der Waals surface area (Å²) in [7, 11) is 5.58. The van der Waals surface area contributed by atoms with Crippen molar-refractivity contribution < 1.29 is 4.79 Å². The number of hydrogen-bond donors (Lipinski definition) is 2. The summed E-state index contributed by atoms with van der Waals surface area (Å²) in [6.07, 6.45) is 7.82. The summed E-state index contributed by atoms with van der Waals surface area (Å²) in [5.41, 5.74) is 5.28. The van der Waals surface area contributed by atoms with Gasteiger partial charge in [0, 0.05) is 62.0 Å². The molecular formula is C25H25N5O2. The molecule has 0 saturated carbocycles. The Kier molecular flexibility index (Phi) is 5.64. The number of carbonyl (C=O) groups excluding carboxylic acids is 1. The largest absolute Gasteiger partial charge is 0.383 e. The van der Waals surface area contributed by atoms with E-state index in [1.165, 1.54) is 4.57 Å². The summed E-state index contributed by atoms with van der Waals surface area (Å²) in [6.45, 7) is 1.92. The molecule has 0 spiro atoms. The summed E-state index contributed by atoms with van der Waals surface area (Å²) >= 11 is 0. The lowest BCUT2D eigenvalue weighted by Gasteiger charge is -2.17. The molecule has 162 valence electrons. The van der Waals surface area contributed by atoms with Crippen LogP contribution in [0.2, 0.25) is 0 Å². The van der Waals surface area contributed by atoms with Crippen molar-refractivity contribution in [3.05, 3.63) is 88.2 Å². The van der Waals surface area contributed by atoms with Gasteiger partial charge < -0.3 is 19.4 Å². The number of hydrogen-bond acceptors (Lipinski definition) is 4. The van der Waals surface area contributed by atoms with Crippen LogP contribution in [0.5, 0.6) is 0 Å². The van der Waals surface area contributed by atoms with E-state index in [-0.39, 0.29) is 5.56 Å². The third-order valence-corrected chi connectivity index (χ3v) is 5.21. The minimum Gasteiger partial charge on any atom is -0.383 e. The predicted octanol–water partition coefficient (Wildman–Crippen LogP) is 3.75. The highest BCUT2D eigenvalue weighted by Crippen LogP contribution is 2.35. The quantitative estimate of drug-likeness (QED) is 0.279. The molecule has 1 aromatic carbocycles. The number of aryl methyl sites for hydroxylation is 2. The number of benzene rings is 1. The molecule has 4 rings (SSSR count). The number of H-pyrrole nitrogens is 2. The van der Waals surface area contributed by atoms with Gasteiger partial charge in [0.25, 0.3) is 5.56 Å². The number of nitrogens with one attached hydrogen (secondary N) is 2. The fourth-order valence-corrected chi connectivity index (χ4v) is 3.79. The van der Waals surface area contributed by atoms with Crippen molar-refractivity contribution in [1.29, 1.82) is 0 Å². The number of carbonyl (C=O) groups is 1. The van der Waals surface area contributed by atoms with Crippen LogP contribution in [0.1, 0.15) is 16.8 Å². The first-order valence-corrected chi connectivity index (χ1v) is 10.2. The maximum absolute atomic E-state index is 12.9. The molecule has 3 heterocycles. The average molecular weight is 428 g/mol. The maximum Gasteiger partial charge on any atom is 0.274 e. The van der Waals surface area contributed by atoms with Crippen molar-refractivity contribution in [2.24, 2.45) is 7.05 Å². The number of imidazole rings is 1. The third kappa shape index (κ3) is 3.92. The van der Waals surface area contributed by atoms with Crippen LogP contribution < -0.4 is 5.56 Å². The molecule has 7 nitrogen and oxygen atoms in total. The standard InChI is InChI=1S/C25H25N5O2/c1-16-13-26-24(27-16)22-12-19-21(15-30(4)25(32)23(19)28-22)18(10-11-31)20(14-29(2)3)17-8-6-5-7-9-17/h5-15,28H,1-4H3,(H,26,27)/b18-10+,20-14-. The molecule has 3 aromatic heterocycles. The number of pyridine rings is 1. The van der Waals surface area contributed by atoms with Crippen LogP contribution in [0.15, 0.2) is 65.9 Å². The van der Waals surface area contributed by atoms with Gasteiger partial charge in [-0.15, -0.1) is 0 Å². The van der Waals surface area contributed by atoms with Crippen LogP contribution in [-0.4, -0.2) is 44.8 Å². The molecule has 0 amide bonds. The van der Waals surface area contributed by atoms with E-state index < -0.39 is 0 Å². The van der Waals surface area contributed by atoms with Gasteiger partial charge in [-0.3, -0.25) is 9.59 Å². The fourth-order valence-electron chi connectivity index (χ4n) is 3.79. The van der Waals surface area contributed by atoms with Crippen LogP contribution in [0.25, 0.3) is 33.6 Å². The van der Waals surface area contributed by atoms with E-state index in [2.05, 4.69) is 15.0 Å². The van der Waals surface area contributed by atoms with Gasteiger partial charge in [-0.25, -0.2) is 4.98 Å². The third-order valence-electron chi connectivity index (χ3n) is 5.21. The lowest BCUT2D eigenvalue weighted by atomic mass is 9.91. The molecule has 2 N–H and O–H groups in total. The van der Waals surface area contributed by atoms with Crippen LogP contribution in [0.3, 0.4) is 0 Å². The van der Waals surface area contributed by atoms with Crippen LogP contribution in [0, 0.1) is 6.92 Å². The highest BCUT2D eigenvalue weighted by Gasteiger charge is 2.19. The van der Waals surface area contributed by atoms with Crippen LogP contribution >= 0.6 is 0 Å². The Morgan fingerprint density at radius 3 is 2.50 bits per heavy atom. The summed E-state index contributed by atoms with van der Waals surface area (Å²) in [6, 6.07) is 11.8. The minimum atomic E-state index is -0.151. The summed E-state index contributed by atoms with van der Waals surface area (Å²) in [4.78, 5) is 37.4. The smallest absolute Gasteiger partial charge is 0.274 e. The highest BCUT2D eigenvalue weighted by molar-refractivity contribution is 6.13. The van der Waals surface area contributed by atoms with E-state index in [1.807, 2.05) is 68.5 Å². The van der Waals surface area contributed by atoms with Crippen LogP contribution in [-0.2, 0) is 11.8 Å². The first-order chi connectivity index (χ1) is 15.4. The molecule has 0 atom stereocenters. The van der Waals surface area contributed by atoms with Gasteiger partial charge in [-0.2, -0.15) is 0 Å². The second-order valence-corrected chi connectivity index (χ2v) is 7.93. The Morgan fingerprint density at radius 2 is 1.88 bits per heavy atom. The number of aldehydes is 1. The molecular weight excluding hydrogens is 402 g/mol. The lowest BCUT2D eigenvalue weighted by Crippen LogP contribution is -2.17. The maximum atomic E-state index is 12.9. The molecule has 0 aliphatic carbocycles. The van der Waals surface area contributed by atoms with Gasteiger partial charge in [0.15, 0.2) is 5.82 Å². The molecule has 0 aliphatic rings. The topological polar surface area (TPSA) is 86.8 Å². The predicted molar refractivity (Wildman–Crippen MR) is 128 cm³/mol. The molecule has 0 aliphatic heterocycles. The van der Waals surface area contributed by atoms with E-state index >= 15 is 0 Å². The lowest BCUT2D eigenvalue weighted by molar-refractivity contribution is -0.104. The van der Waals surface area contributed by atoms with E-state index in [9.17, 15) is 9.59 Å². The van der Waals surface area contributed by atoms with Crippen molar-refractivity contribution in [2.45, 2.75) is 6.92 Å².